The minimum absolute atomic E-state index is 0.354. The van der Waals surface area contributed by atoms with Crippen molar-refractivity contribution in [2.45, 2.75) is 0 Å². The molecule has 0 aliphatic rings. The summed E-state index contributed by atoms with van der Waals surface area (Å²) in [6.45, 7) is 0. The molecule has 0 saturated heterocycles. The second kappa shape index (κ2) is 3.92. The topological polar surface area (TPSA) is 77.8 Å². The number of aromatic nitrogens is 2. The van der Waals surface area contributed by atoms with Crippen LogP contribution in [0.3, 0.4) is 0 Å². The highest BCUT2D eigenvalue weighted by Gasteiger charge is 2.14. The molecule has 0 aliphatic heterocycles. The van der Waals surface area contributed by atoms with E-state index in [4.69, 9.17) is 11.5 Å². The van der Waals surface area contributed by atoms with Crippen molar-refractivity contribution in [2.24, 2.45) is 0 Å². The molecule has 0 unspecified atom stereocenters. The molecule has 0 aliphatic carbocycles. The number of rotatable bonds is 1. The molecule has 2 aromatic heterocycles. The highest BCUT2D eigenvalue weighted by atomic mass is 32.1. The first kappa shape index (κ1) is 10.9. The van der Waals surface area contributed by atoms with Gasteiger partial charge in [0.05, 0.1) is 5.39 Å². The number of nitrogen functional groups attached to an aromatic ring is 2. The molecular formula is C12H9FN4S. The number of benzene rings is 1. The summed E-state index contributed by atoms with van der Waals surface area (Å²) in [4.78, 5) is 8.80. The maximum atomic E-state index is 13.9. The molecule has 2 heterocycles. The Balaban J connectivity index is 2.32. The molecule has 18 heavy (non-hydrogen) atoms. The van der Waals surface area contributed by atoms with Gasteiger partial charge in [-0.3, -0.25) is 0 Å². The molecule has 4 nitrogen and oxygen atoms in total. The predicted molar refractivity (Wildman–Crippen MR) is 71.6 cm³/mol. The summed E-state index contributed by atoms with van der Waals surface area (Å²) in [5, 5.41) is 2.51. The number of hydrogen-bond acceptors (Lipinski definition) is 5. The first-order valence-corrected chi connectivity index (χ1v) is 6.08. The van der Waals surface area contributed by atoms with Crippen molar-refractivity contribution in [3.63, 3.8) is 0 Å². The zero-order valence-corrected chi connectivity index (χ0v) is 10.0. The van der Waals surface area contributed by atoms with Crippen LogP contribution in [0.4, 0.5) is 15.9 Å². The Kier molecular flexibility index (Phi) is 2.38. The van der Waals surface area contributed by atoms with Gasteiger partial charge in [-0.25, -0.2) is 14.4 Å². The molecule has 3 aromatic rings. The van der Waals surface area contributed by atoms with Crippen LogP contribution in [0.1, 0.15) is 0 Å². The Morgan fingerprint density at radius 2 is 1.94 bits per heavy atom. The second-order valence-electron chi connectivity index (χ2n) is 3.83. The van der Waals surface area contributed by atoms with Crippen LogP contribution in [0.15, 0.2) is 29.9 Å². The average Bonchev–Trinajstić information content (AvgIpc) is 2.74. The normalized spacial score (nSPS) is 10.9. The van der Waals surface area contributed by atoms with Crippen LogP contribution in [-0.2, 0) is 0 Å². The van der Waals surface area contributed by atoms with E-state index < -0.39 is 0 Å². The molecule has 0 saturated carbocycles. The monoisotopic (exact) mass is 260 g/mol. The van der Waals surface area contributed by atoms with Crippen molar-refractivity contribution in [2.75, 3.05) is 11.5 Å². The van der Waals surface area contributed by atoms with Gasteiger partial charge in [-0.15, -0.1) is 11.3 Å². The van der Waals surface area contributed by atoms with Gasteiger partial charge < -0.3 is 11.5 Å². The van der Waals surface area contributed by atoms with Crippen LogP contribution in [-0.4, -0.2) is 9.97 Å². The maximum Gasteiger partial charge on any atom is 0.136 e. The Morgan fingerprint density at radius 3 is 2.72 bits per heavy atom. The van der Waals surface area contributed by atoms with Crippen LogP contribution in [0, 0.1) is 5.82 Å². The van der Waals surface area contributed by atoms with Gasteiger partial charge in [-0.1, -0.05) is 0 Å². The van der Waals surface area contributed by atoms with Crippen molar-refractivity contribution in [3.05, 3.63) is 35.7 Å². The summed E-state index contributed by atoms with van der Waals surface area (Å²) in [6.07, 6.45) is 1.40. The van der Waals surface area contributed by atoms with Gasteiger partial charge in [0.25, 0.3) is 0 Å². The lowest BCUT2D eigenvalue weighted by atomic mass is 10.1. The van der Waals surface area contributed by atoms with Crippen LogP contribution >= 0.6 is 11.3 Å². The van der Waals surface area contributed by atoms with Gasteiger partial charge in [-0.05, 0) is 18.2 Å². The molecule has 1 aromatic carbocycles. The van der Waals surface area contributed by atoms with Gasteiger partial charge >= 0.3 is 0 Å². The van der Waals surface area contributed by atoms with Gasteiger partial charge in [0.1, 0.15) is 22.8 Å². The van der Waals surface area contributed by atoms with Crippen LogP contribution in [0.5, 0.6) is 0 Å². The highest BCUT2D eigenvalue weighted by Crippen LogP contribution is 2.36. The fourth-order valence-corrected chi connectivity index (χ4v) is 2.76. The van der Waals surface area contributed by atoms with Crippen molar-refractivity contribution in [3.8, 4) is 11.1 Å². The molecule has 0 amide bonds. The number of nitrogens with zero attached hydrogens (tertiary/aromatic N) is 2. The van der Waals surface area contributed by atoms with Gasteiger partial charge in [-0.2, -0.15) is 0 Å². The molecule has 0 radical (unpaired) electrons. The predicted octanol–water partition coefficient (Wildman–Crippen LogP) is 2.66. The summed E-state index contributed by atoms with van der Waals surface area (Å²) in [5.41, 5.74) is 12.9. The minimum atomic E-state index is -0.377. The maximum absolute atomic E-state index is 13.9. The van der Waals surface area contributed by atoms with E-state index in [1.165, 1.54) is 23.7 Å². The lowest BCUT2D eigenvalue weighted by Crippen LogP contribution is -1.93. The van der Waals surface area contributed by atoms with E-state index in [1.54, 1.807) is 12.1 Å². The third-order valence-electron chi connectivity index (χ3n) is 2.68. The highest BCUT2D eigenvalue weighted by molar-refractivity contribution is 7.17. The molecule has 6 heteroatoms. The van der Waals surface area contributed by atoms with Crippen LogP contribution in [0.2, 0.25) is 0 Å². The average molecular weight is 260 g/mol. The molecule has 0 bridgehead atoms. The van der Waals surface area contributed by atoms with E-state index in [-0.39, 0.29) is 5.82 Å². The lowest BCUT2D eigenvalue weighted by molar-refractivity contribution is 0.632. The van der Waals surface area contributed by atoms with Crippen molar-refractivity contribution in [1.82, 2.24) is 9.97 Å². The van der Waals surface area contributed by atoms with Gasteiger partial charge in [0.2, 0.25) is 0 Å². The van der Waals surface area contributed by atoms with E-state index >= 15 is 0 Å². The molecule has 4 N–H and O–H groups in total. The largest absolute Gasteiger partial charge is 0.399 e. The zero-order valence-electron chi connectivity index (χ0n) is 9.22. The van der Waals surface area contributed by atoms with E-state index in [2.05, 4.69) is 9.97 Å². The van der Waals surface area contributed by atoms with E-state index in [9.17, 15) is 4.39 Å². The van der Waals surface area contributed by atoms with E-state index in [1.807, 2.05) is 5.38 Å². The number of nitrogens with two attached hydrogens (primary N) is 2. The van der Waals surface area contributed by atoms with Crippen molar-refractivity contribution in [1.29, 1.82) is 0 Å². The molecule has 3 rings (SSSR count). The molecule has 0 spiro atoms. The Hall–Kier alpha value is -2.21. The van der Waals surface area contributed by atoms with Gasteiger partial charge in [0.15, 0.2) is 0 Å². The first-order valence-electron chi connectivity index (χ1n) is 5.20. The molecule has 0 fully saturated rings. The Labute approximate surface area is 106 Å². The Bertz CT molecular complexity index is 738. The number of fused-ring (bicyclic) bond motifs is 1. The molecule has 0 atom stereocenters. The quantitative estimate of drug-likeness (QED) is 0.659. The van der Waals surface area contributed by atoms with Crippen molar-refractivity contribution >= 4 is 33.1 Å². The number of halogens is 1. The standard InChI is InChI=1S/C12H9FN4S/c13-9-3-6(14)1-2-7(9)8-4-18-12-10(8)11(15)16-5-17-12/h1-5H,14H2,(H2,15,16,17). The summed E-state index contributed by atoms with van der Waals surface area (Å²) in [5.74, 6) is -0.0228. The lowest BCUT2D eigenvalue weighted by Gasteiger charge is -2.04. The summed E-state index contributed by atoms with van der Waals surface area (Å²) in [7, 11) is 0. The summed E-state index contributed by atoms with van der Waals surface area (Å²) < 4.78 is 13.9. The van der Waals surface area contributed by atoms with Crippen LogP contribution < -0.4 is 11.5 Å². The summed E-state index contributed by atoms with van der Waals surface area (Å²) >= 11 is 1.41. The van der Waals surface area contributed by atoms with E-state index in [0.717, 1.165) is 4.83 Å². The smallest absolute Gasteiger partial charge is 0.136 e. The molecular weight excluding hydrogens is 251 g/mol. The minimum Gasteiger partial charge on any atom is -0.399 e. The third kappa shape index (κ3) is 1.58. The number of anilines is 2. The van der Waals surface area contributed by atoms with Crippen LogP contribution in [0.25, 0.3) is 21.3 Å². The zero-order chi connectivity index (χ0) is 12.7. The first-order chi connectivity index (χ1) is 8.66. The number of thiophene rings is 1. The molecule has 90 valence electrons. The SMILES string of the molecule is Nc1ccc(-c2csc3ncnc(N)c23)c(F)c1. The fourth-order valence-electron chi connectivity index (χ4n) is 1.85. The summed E-state index contributed by atoms with van der Waals surface area (Å²) in [6, 6.07) is 4.58. The van der Waals surface area contributed by atoms with Crippen molar-refractivity contribution < 1.29 is 4.39 Å². The van der Waals surface area contributed by atoms with E-state index in [0.29, 0.717) is 28.0 Å². The number of hydrogen-bond donors (Lipinski definition) is 2. The second-order valence-corrected chi connectivity index (χ2v) is 4.69. The fraction of sp³-hybridized carbons (Fsp3) is 0. The van der Waals surface area contributed by atoms with Gasteiger partial charge in [0, 0.05) is 22.2 Å². The third-order valence-corrected chi connectivity index (χ3v) is 3.57. The Morgan fingerprint density at radius 1 is 1.11 bits per heavy atom.